The van der Waals surface area contributed by atoms with E-state index in [-0.39, 0.29) is 0 Å². The number of thiophene rings is 1. The van der Waals surface area contributed by atoms with Gasteiger partial charge >= 0.3 is 0 Å². The van der Waals surface area contributed by atoms with Gasteiger partial charge < -0.3 is 0 Å². The summed E-state index contributed by atoms with van der Waals surface area (Å²) in [6.07, 6.45) is 2.74. The van der Waals surface area contributed by atoms with E-state index in [1.165, 1.54) is 23.3 Å². The molecule has 1 aromatic rings. The highest BCUT2D eigenvalue weighted by Crippen LogP contribution is 2.44. The Morgan fingerprint density at radius 3 is 2.70 bits per heavy atom. The molecule has 1 fully saturated rings. The highest BCUT2D eigenvalue weighted by atomic mass is 35.5. The van der Waals surface area contributed by atoms with Crippen LogP contribution in [0.25, 0.3) is 0 Å². The van der Waals surface area contributed by atoms with Crippen molar-refractivity contribution in [1.29, 1.82) is 0 Å². The molecule has 1 heterocycles. The first-order valence-corrected chi connectivity index (χ1v) is 4.72. The first kappa shape index (κ1) is 6.68. The molecular weight excluding hydrogens is 164 g/mol. The van der Waals surface area contributed by atoms with Gasteiger partial charge in [0.1, 0.15) is 0 Å². The molecule has 1 aliphatic rings. The van der Waals surface area contributed by atoms with E-state index in [9.17, 15) is 0 Å². The minimum absolute atomic E-state index is 0.851. The zero-order chi connectivity index (χ0) is 7.14. The van der Waals surface area contributed by atoms with Crippen LogP contribution in [0.5, 0.6) is 0 Å². The van der Waals surface area contributed by atoms with Gasteiger partial charge in [-0.2, -0.15) is 0 Å². The van der Waals surface area contributed by atoms with Crippen molar-refractivity contribution in [3.8, 4) is 0 Å². The van der Waals surface area contributed by atoms with E-state index in [1.54, 1.807) is 11.3 Å². The summed E-state index contributed by atoms with van der Waals surface area (Å²) in [6.45, 7) is 2.16. The van der Waals surface area contributed by atoms with Crippen molar-refractivity contribution in [2.24, 2.45) is 0 Å². The lowest BCUT2D eigenvalue weighted by atomic mass is 10.2. The third-order valence-electron chi connectivity index (χ3n) is 1.94. The van der Waals surface area contributed by atoms with Crippen molar-refractivity contribution < 1.29 is 0 Å². The fourth-order valence-electron chi connectivity index (χ4n) is 1.26. The maximum Gasteiger partial charge on any atom is 0.0934 e. The molecule has 54 valence electrons. The molecule has 10 heavy (non-hydrogen) atoms. The van der Waals surface area contributed by atoms with Crippen molar-refractivity contribution in [2.45, 2.75) is 25.7 Å². The van der Waals surface area contributed by atoms with E-state index in [0.717, 1.165) is 10.3 Å². The molecule has 1 aliphatic carbocycles. The van der Waals surface area contributed by atoms with Crippen LogP contribution in [0.15, 0.2) is 6.07 Å². The molecule has 2 heteroatoms. The van der Waals surface area contributed by atoms with Crippen molar-refractivity contribution >= 4 is 22.9 Å². The van der Waals surface area contributed by atoms with E-state index in [1.807, 2.05) is 0 Å². The standard InChI is InChI=1S/C8H9ClS/c1-5-7(6-2-3-6)4-8(9)10-5/h4,6H,2-3H2,1H3. The molecule has 0 aromatic carbocycles. The summed E-state index contributed by atoms with van der Waals surface area (Å²) in [6, 6.07) is 2.12. The molecule has 0 atom stereocenters. The summed E-state index contributed by atoms with van der Waals surface area (Å²) < 4.78 is 0.944. The average molecular weight is 173 g/mol. The second kappa shape index (κ2) is 2.24. The Labute approximate surface area is 69.8 Å². The van der Waals surface area contributed by atoms with Crippen LogP contribution < -0.4 is 0 Å². The van der Waals surface area contributed by atoms with Crippen molar-refractivity contribution in [2.75, 3.05) is 0 Å². The van der Waals surface area contributed by atoms with E-state index in [0.29, 0.717) is 0 Å². The van der Waals surface area contributed by atoms with Gasteiger partial charge in [0.05, 0.1) is 4.34 Å². The lowest BCUT2D eigenvalue weighted by Gasteiger charge is -1.90. The Morgan fingerprint density at radius 1 is 1.60 bits per heavy atom. The van der Waals surface area contributed by atoms with Crippen LogP contribution in [0.1, 0.15) is 29.2 Å². The molecule has 0 N–H and O–H groups in total. The predicted octanol–water partition coefficient (Wildman–Crippen LogP) is 3.59. The fraction of sp³-hybridized carbons (Fsp3) is 0.500. The summed E-state index contributed by atoms with van der Waals surface area (Å²) in [4.78, 5) is 1.41. The third kappa shape index (κ3) is 1.08. The Kier molecular flexibility index (Phi) is 1.50. The molecule has 0 aliphatic heterocycles. The molecule has 0 radical (unpaired) electrons. The first-order chi connectivity index (χ1) is 4.77. The minimum Gasteiger partial charge on any atom is -0.128 e. The number of hydrogen-bond acceptors (Lipinski definition) is 1. The second-order valence-electron chi connectivity index (χ2n) is 2.84. The smallest absolute Gasteiger partial charge is 0.0934 e. The lowest BCUT2D eigenvalue weighted by Crippen LogP contribution is -1.74. The quantitative estimate of drug-likeness (QED) is 0.608. The lowest BCUT2D eigenvalue weighted by molar-refractivity contribution is 1.12. The molecule has 0 spiro atoms. The van der Waals surface area contributed by atoms with E-state index >= 15 is 0 Å². The SMILES string of the molecule is Cc1sc(Cl)cc1C1CC1. The van der Waals surface area contributed by atoms with Crippen LogP contribution in [0.2, 0.25) is 4.34 Å². The summed E-state index contributed by atoms with van der Waals surface area (Å²) in [7, 11) is 0. The normalized spacial score (nSPS) is 17.8. The molecular formula is C8H9ClS. The third-order valence-corrected chi connectivity index (χ3v) is 3.14. The average Bonchev–Trinajstić information content (AvgIpc) is 2.61. The molecule has 0 bridgehead atoms. The summed E-state index contributed by atoms with van der Waals surface area (Å²) >= 11 is 7.56. The zero-order valence-electron chi connectivity index (χ0n) is 5.86. The van der Waals surface area contributed by atoms with Gasteiger partial charge in [-0.15, -0.1) is 11.3 Å². The minimum atomic E-state index is 0.851. The largest absolute Gasteiger partial charge is 0.128 e. The monoisotopic (exact) mass is 172 g/mol. The maximum atomic E-state index is 5.86. The summed E-state index contributed by atoms with van der Waals surface area (Å²) in [5, 5.41) is 0. The maximum absolute atomic E-state index is 5.86. The van der Waals surface area contributed by atoms with E-state index in [2.05, 4.69) is 13.0 Å². The molecule has 0 amide bonds. The summed E-state index contributed by atoms with van der Waals surface area (Å²) in [5.41, 5.74) is 1.50. The first-order valence-electron chi connectivity index (χ1n) is 3.53. The number of rotatable bonds is 1. The van der Waals surface area contributed by atoms with Gasteiger partial charge in [0.15, 0.2) is 0 Å². The molecule has 0 unspecified atom stereocenters. The van der Waals surface area contributed by atoms with Gasteiger partial charge in [0.2, 0.25) is 0 Å². The zero-order valence-corrected chi connectivity index (χ0v) is 7.43. The summed E-state index contributed by atoms with van der Waals surface area (Å²) in [5.74, 6) is 0.851. The number of aryl methyl sites for hydroxylation is 1. The number of halogens is 1. The van der Waals surface area contributed by atoms with Crippen LogP contribution in [0.4, 0.5) is 0 Å². The van der Waals surface area contributed by atoms with Crippen LogP contribution in [-0.2, 0) is 0 Å². The number of hydrogen-bond donors (Lipinski definition) is 0. The molecule has 0 nitrogen and oxygen atoms in total. The van der Waals surface area contributed by atoms with Crippen LogP contribution in [0, 0.1) is 6.92 Å². The van der Waals surface area contributed by atoms with Gasteiger partial charge in [0.25, 0.3) is 0 Å². The van der Waals surface area contributed by atoms with Crippen molar-refractivity contribution in [3.63, 3.8) is 0 Å². The predicted molar refractivity (Wildman–Crippen MR) is 46.0 cm³/mol. The fourth-order valence-corrected chi connectivity index (χ4v) is 2.54. The Morgan fingerprint density at radius 2 is 2.30 bits per heavy atom. The Hall–Kier alpha value is -0.0100. The van der Waals surface area contributed by atoms with Crippen molar-refractivity contribution in [1.82, 2.24) is 0 Å². The second-order valence-corrected chi connectivity index (χ2v) is 4.72. The van der Waals surface area contributed by atoms with Gasteiger partial charge in [-0.1, -0.05) is 11.6 Å². The Bertz CT molecular complexity index is 248. The van der Waals surface area contributed by atoms with Gasteiger partial charge in [-0.05, 0) is 37.3 Å². The Balaban J connectivity index is 2.38. The van der Waals surface area contributed by atoms with Gasteiger partial charge in [-0.3, -0.25) is 0 Å². The van der Waals surface area contributed by atoms with E-state index in [4.69, 9.17) is 11.6 Å². The topological polar surface area (TPSA) is 0 Å². The van der Waals surface area contributed by atoms with Crippen LogP contribution >= 0.6 is 22.9 Å². The van der Waals surface area contributed by atoms with Gasteiger partial charge in [-0.25, -0.2) is 0 Å². The molecule has 0 saturated heterocycles. The van der Waals surface area contributed by atoms with Gasteiger partial charge in [0, 0.05) is 4.88 Å². The van der Waals surface area contributed by atoms with Crippen LogP contribution in [0.3, 0.4) is 0 Å². The molecule has 1 saturated carbocycles. The van der Waals surface area contributed by atoms with Crippen LogP contribution in [-0.4, -0.2) is 0 Å². The highest BCUT2D eigenvalue weighted by Gasteiger charge is 2.26. The van der Waals surface area contributed by atoms with Crippen molar-refractivity contribution in [3.05, 3.63) is 20.8 Å². The molecule has 1 aromatic heterocycles. The molecule has 2 rings (SSSR count). The highest BCUT2D eigenvalue weighted by molar-refractivity contribution is 7.16. The van der Waals surface area contributed by atoms with E-state index < -0.39 is 0 Å².